The molecule has 0 radical (unpaired) electrons. The van der Waals surface area contributed by atoms with Crippen LogP contribution in [0.3, 0.4) is 0 Å². The van der Waals surface area contributed by atoms with Crippen LogP contribution in [0.2, 0.25) is 5.02 Å². The minimum absolute atomic E-state index is 0.0376. The molecule has 1 aromatic heterocycles. The number of nitrogens with zero attached hydrogens (tertiary/aromatic N) is 2. The van der Waals surface area contributed by atoms with Crippen LogP contribution in [0.5, 0.6) is 0 Å². The molecule has 0 bridgehead atoms. The summed E-state index contributed by atoms with van der Waals surface area (Å²) < 4.78 is 17.7. The van der Waals surface area contributed by atoms with Gasteiger partial charge in [-0.25, -0.2) is 4.39 Å². The van der Waals surface area contributed by atoms with Gasteiger partial charge >= 0.3 is 0 Å². The van der Waals surface area contributed by atoms with Gasteiger partial charge in [-0.2, -0.15) is 0 Å². The predicted octanol–water partition coefficient (Wildman–Crippen LogP) is 3.61. The van der Waals surface area contributed by atoms with Crippen molar-refractivity contribution in [1.82, 2.24) is 14.9 Å². The van der Waals surface area contributed by atoms with E-state index in [1.807, 2.05) is 0 Å². The van der Waals surface area contributed by atoms with E-state index in [1.165, 1.54) is 17.6 Å². The van der Waals surface area contributed by atoms with Crippen molar-refractivity contribution in [1.29, 1.82) is 0 Å². The number of aromatic nitrogens is 2. The minimum Gasteiger partial charge on any atom is -0.309 e. The molecule has 3 nitrogen and oxygen atoms in total. The van der Waals surface area contributed by atoms with E-state index < -0.39 is 0 Å². The standard InChI is InChI=1S/C13H15ClFN3S/c1-2-5-16-12(13-8-17-18-19-13)6-9-3-4-10(14)7-11(9)15/h3-4,7-8,12,16H,2,5-6H2,1H3. The van der Waals surface area contributed by atoms with Crippen LogP contribution in [-0.2, 0) is 6.42 Å². The number of hydrogen-bond acceptors (Lipinski definition) is 4. The average molecular weight is 300 g/mol. The van der Waals surface area contributed by atoms with E-state index in [0.29, 0.717) is 17.0 Å². The van der Waals surface area contributed by atoms with Gasteiger partial charge in [-0.1, -0.05) is 29.1 Å². The van der Waals surface area contributed by atoms with Gasteiger partial charge in [0.2, 0.25) is 0 Å². The Kier molecular flexibility index (Phi) is 5.24. The highest BCUT2D eigenvalue weighted by Crippen LogP contribution is 2.23. The van der Waals surface area contributed by atoms with Crippen molar-refractivity contribution in [2.75, 3.05) is 6.54 Å². The van der Waals surface area contributed by atoms with Gasteiger partial charge in [0, 0.05) is 11.1 Å². The first-order chi connectivity index (χ1) is 9.20. The average Bonchev–Trinajstić information content (AvgIpc) is 2.90. The molecular weight excluding hydrogens is 285 g/mol. The van der Waals surface area contributed by atoms with Crippen molar-refractivity contribution in [2.45, 2.75) is 25.8 Å². The van der Waals surface area contributed by atoms with E-state index in [2.05, 4.69) is 21.8 Å². The summed E-state index contributed by atoms with van der Waals surface area (Å²) in [4.78, 5) is 1.02. The Bertz CT molecular complexity index is 519. The van der Waals surface area contributed by atoms with Crippen LogP contribution < -0.4 is 5.32 Å². The van der Waals surface area contributed by atoms with Crippen LogP contribution in [0.1, 0.15) is 29.8 Å². The summed E-state index contributed by atoms with van der Waals surface area (Å²) in [6.07, 6.45) is 3.31. The lowest BCUT2D eigenvalue weighted by Crippen LogP contribution is -2.23. The number of nitrogens with one attached hydrogen (secondary N) is 1. The van der Waals surface area contributed by atoms with Gasteiger partial charge in [-0.15, -0.1) is 5.10 Å². The van der Waals surface area contributed by atoms with E-state index in [0.717, 1.165) is 17.8 Å². The van der Waals surface area contributed by atoms with Crippen LogP contribution in [0.15, 0.2) is 24.4 Å². The van der Waals surface area contributed by atoms with Crippen molar-refractivity contribution in [3.05, 3.63) is 45.7 Å². The molecule has 0 aliphatic heterocycles. The molecule has 19 heavy (non-hydrogen) atoms. The molecule has 0 fully saturated rings. The predicted molar refractivity (Wildman–Crippen MR) is 76.1 cm³/mol. The normalized spacial score (nSPS) is 12.6. The molecule has 102 valence electrons. The Hall–Kier alpha value is -1.04. The summed E-state index contributed by atoms with van der Waals surface area (Å²) in [5.74, 6) is -0.270. The molecule has 1 heterocycles. The molecule has 2 rings (SSSR count). The minimum atomic E-state index is -0.270. The molecule has 0 spiro atoms. The molecular formula is C13H15ClFN3S. The maximum absolute atomic E-state index is 13.8. The molecule has 1 aromatic carbocycles. The van der Waals surface area contributed by atoms with E-state index >= 15 is 0 Å². The molecule has 0 saturated carbocycles. The number of rotatable bonds is 6. The van der Waals surface area contributed by atoms with E-state index in [-0.39, 0.29) is 11.9 Å². The van der Waals surface area contributed by atoms with Crippen molar-refractivity contribution in [3.63, 3.8) is 0 Å². The molecule has 6 heteroatoms. The first kappa shape index (κ1) is 14.4. The zero-order valence-corrected chi connectivity index (χ0v) is 12.1. The Morgan fingerprint density at radius 3 is 2.95 bits per heavy atom. The van der Waals surface area contributed by atoms with E-state index in [9.17, 15) is 4.39 Å². The Balaban J connectivity index is 2.15. The largest absolute Gasteiger partial charge is 0.309 e. The summed E-state index contributed by atoms with van der Waals surface area (Å²) in [7, 11) is 0. The van der Waals surface area contributed by atoms with Crippen LogP contribution in [-0.4, -0.2) is 16.1 Å². The molecule has 1 atom stereocenters. The lowest BCUT2D eigenvalue weighted by Gasteiger charge is -2.16. The van der Waals surface area contributed by atoms with Gasteiger partial charge in [0.15, 0.2) is 0 Å². The lowest BCUT2D eigenvalue weighted by molar-refractivity contribution is 0.518. The van der Waals surface area contributed by atoms with Gasteiger partial charge in [-0.05, 0) is 48.6 Å². The van der Waals surface area contributed by atoms with Gasteiger partial charge in [-0.3, -0.25) is 0 Å². The van der Waals surface area contributed by atoms with Crippen LogP contribution in [0, 0.1) is 5.82 Å². The summed E-state index contributed by atoms with van der Waals surface area (Å²) >= 11 is 7.10. The summed E-state index contributed by atoms with van der Waals surface area (Å²) in [5, 5.41) is 7.65. The Morgan fingerprint density at radius 2 is 2.32 bits per heavy atom. The number of hydrogen-bond donors (Lipinski definition) is 1. The third-order valence-electron chi connectivity index (χ3n) is 2.80. The number of halogens is 2. The first-order valence-electron chi connectivity index (χ1n) is 6.15. The Morgan fingerprint density at radius 1 is 1.47 bits per heavy atom. The highest BCUT2D eigenvalue weighted by Gasteiger charge is 2.16. The first-order valence-corrected chi connectivity index (χ1v) is 7.30. The topological polar surface area (TPSA) is 37.8 Å². The van der Waals surface area contributed by atoms with Crippen molar-refractivity contribution in [2.24, 2.45) is 0 Å². The second-order valence-electron chi connectivity index (χ2n) is 4.27. The maximum atomic E-state index is 13.8. The van der Waals surface area contributed by atoms with Crippen LogP contribution in [0.25, 0.3) is 0 Å². The fourth-order valence-electron chi connectivity index (χ4n) is 1.83. The smallest absolute Gasteiger partial charge is 0.127 e. The molecule has 2 aromatic rings. The second kappa shape index (κ2) is 6.93. The number of benzene rings is 1. The summed E-state index contributed by atoms with van der Waals surface area (Å²) in [5.41, 5.74) is 0.645. The zero-order valence-electron chi connectivity index (χ0n) is 10.6. The molecule has 0 aliphatic carbocycles. The summed E-state index contributed by atoms with van der Waals surface area (Å²) in [6, 6.07) is 4.82. The quantitative estimate of drug-likeness (QED) is 0.885. The molecule has 0 amide bonds. The molecule has 0 saturated heterocycles. The van der Waals surface area contributed by atoms with E-state index in [1.54, 1.807) is 18.3 Å². The lowest BCUT2D eigenvalue weighted by atomic mass is 10.0. The van der Waals surface area contributed by atoms with E-state index in [4.69, 9.17) is 11.6 Å². The Labute approximate surface area is 121 Å². The zero-order chi connectivity index (χ0) is 13.7. The van der Waals surface area contributed by atoms with Gasteiger partial charge in [0.25, 0.3) is 0 Å². The second-order valence-corrected chi connectivity index (χ2v) is 5.52. The van der Waals surface area contributed by atoms with Crippen molar-refractivity contribution in [3.8, 4) is 0 Å². The fourth-order valence-corrected chi connectivity index (χ4v) is 2.56. The molecule has 1 unspecified atom stereocenters. The summed E-state index contributed by atoms with van der Waals surface area (Å²) in [6.45, 7) is 2.97. The highest BCUT2D eigenvalue weighted by atomic mass is 35.5. The molecule has 0 aliphatic rings. The SMILES string of the molecule is CCCNC(Cc1ccc(Cl)cc1F)c1cnns1. The van der Waals surface area contributed by atoms with Gasteiger partial charge in [0.05, 0.1) is 11.1 Å². The third-order valence-corrected chi connectivity index (χ3v) is 3.81. The van der Waals surface area contributed by atoms with Crippen molar-refractivity contribution >= 4 is 23.1 Å². The van der Waals surface area contributed by atoms with Gasteiger partial charge < -0.3 is 5.32 Å². The van der Waals surface area contributed by atoms with Crippen LogP contribution in [0.4, 0.5) is 4.39 Å². The highest BCUT2D eigenvalue weighted by molar-refractivity contribution is 7.05. The monoisotopic (exact) mass is 299 g/mol. The fraction of sp³-hybridized carbons (Fsp3) is 0.385. The maximum Gasteiger partial charge on any atom is 0.127 e. The molecule has 1 N–H and O–H groups in total. The van der Waals surface area contributed by atoms with Gasteiger partial charge in [0.1, 0.15) is 5.82 Å². The van der Waals surface area contributed by atoms with Crippen molar-refractivity contribution < 1.29 is 4.39 Å². The third kappa shape index (κ3) is 3.96. The van der Waals surface area contributed by atoms with Crippen LogP contribution >= 0.6 is 23.1 Å².